The van der Waals surface area contributed by atoms with Crippen LogP contribution >= 0.6 is 23.1 Å². The number of amides is 1. The Balaban J connectivity index is 2.06. The molecule has 0 radical (unpaired) electrons. The van der Waals surface area contributed by atoms with Gasteiger partial charge in [-0.05, 0) is 18.6 Å². The van der Waals surface area contributed by atoms with Crippen LogP contribution in [0.1, 0.15) is 15.2 Å². The molecule has 20 heavy (non-hydrogen) atoms. The highest BCUT2D eigenvalue weighted by molar-refractivity contribution is 7.99. The van der Waals surface area contributed by atoms with E-state index in [1.165, 1.54) is 16.9 Å². The number of thiophene rings is 1. The molecule has 0 spiro atoms. The van der Waals surface area contributed by atoms with Crippen molar-refractivity contribution in [3.05, 3.63) is 41.3 Å². The number of rotatable bonds is 6. The van der Waals surface area contributed by atoms with E-state index in [-0.39, 0.29) is 5.91 Å². The van der Waals surface area contributed by atoms with Crippen molar-refractivity contribution in [1.29, 1.82) is 0 Å². The number of benzene rings is 1. The van der Waals surface area contributed by atoms with Gasteiger partial charge in [0.15, 0.2) is 0 Å². The average Bonchev–Trinajstić information content (AvgIpc) is 2.75. The van der Waals surface area contributed by atoms with Crippen LogP contribution in [0.15, 0.2) is 30.9 Å². The Kier molecular flexibility index (Phi) is 5.09. The Morgan fingerprint density at radius 2 is 2.35 bits per heavy atom. The first-order valence-electron chi connectivity index (χ1n) is 6.39. The number of carbonyl (C=O) groups excluding carboxylic acids is 1. The largest absolute Gasteiger partial charge is 0.397 e. The fourth-order valence-corrected chi connectivity index (χ4v) is 3.59. The summed E-state index contributed by atoms with van der Waals surface area (Å²) in [4.78, 5) is 12.8. The third kappa shape index (κ3) is 3.35. The van der Waals surface area contributed by atoms with Crippen molar-refractivity contribution in [3.8, 4) is 0 Å². The van der Waals surface area contributed by atoms with Crippen LogP contribution in [-0.4, -0.2) is 24.0 Å². The van der Waals surface area contributed by atoms with Gasteiger partial charge in [0.25, 0.3) is 5.91 Å². The van der Waals surface area contributed by atoms with Gasteiger partial charge >= 0.3 is 0 Å². The molecular weight excluding hydrogens is 288 g/mol. The Labute approximate surface area is 127 Å². The fourth-order valence-electron chi connectivity index (χ4n) is 1.88. The van der Waals surface area contributed by atoms with E-state index in [0.717, 1.165) is 21.6 Å². The molecule has 3 nitrogen and oxygen atoms in total. The summed E-state index contributed by atoms with van der Waals surface area (Å²) in [5.41, 5.74) is 7.83. The maximum absolute atomic E-state index is 12.1. The van der Waals surface area contributed by atoms with Gasteiger partial charge in [-0.2, -0.15) is 11.8 Å². The lowest BCUT2D eigenvalue weighted by Crippen LogP contribution is -2.25. The fraction of sp³-hybridized carbons (Fsp3) is 0.267. The summed E-state index contributed by atoms with van der Waals surface area (Å²) < 4.78 is 1.06. The topological polar surface area (TPSA) is 55.1 Å². The van der Waals surface area contributed by atoms with E-state index in [0.29, 0.717) is 17.1 Å². The lowest BCUT2D eigenvalue weighted by Gasteiger charge is -2.03. The quantitative estimate of drug-likeness (QED) is 0.635. The molecule has 2 aromatic rings. The van der Waals surface area contributed by atoms with Crippen molar-refractivity contribution in [2.45, 2.75) is 6.92 Å². The molecular formula is C15H18N2OS2. The Morgan fingerprint density at radius 1 is 1.55 bits per heavy atom. The minimum absolute atomic E-state index is 0.0828. The molecule has 0 aliphatic rings. The molecule has 2 rings (SSSR count). The number of nitrogens with one attached hydrogen (secondary N) is 1. The Morgan fingerprint density at radius 3 is 3.10 bits per heavy atom. The van der Waals surface area contributed by atoms with Gasteiger partial charge < -0.3 is 11.1 Å². The average molecular weight is 306 g/mol. The molecule has 1 heterocycles. The van der Waals surface area contributed by atoms with Crippen LogP contribution < -0.4 is 11.1 Å². The van der Waals surface area contributed by atoms with Crippen molar-refractivity contribution < 1.29 is 4.79 Å². The minimum Gasteiger partial charge on any atom is -0.397 e. The zero-order valence-electron chi connectivity index (χ0n) is 11.4. The first-order valence-corrected chi connectivity index (χ1v) is 8.36. The Bertz CT molecular complexity index is 634. The van der Waals surface area contributed by atoms with E-state index < -0.39 is 0 Å². The van der Waals surface area contributed by atoms with Crippen LogP contribution in [0.3, 0.4) is 0 Å². The van der Waals surface area contributed by atoms with Crippen molar-refractivity contribution in [2.24, 2.45) is 0 Å². The number of thioether (sulfide) groups is 1. The van der Waals surface area contributed by atoms with Crippen LogP contribution in [-0.2, 0) is 0 Å². The standard InChI is InChI=1S/C15H18N2OS2/c1-3-7-19-8-6-17-15(18)14-13(16)11-5-4-10(2)9-12(11)20-14/h3-5,9H,1,6-8,16H2,2H3,(H,17,18). The predicted octanol–water partition coefficient (Wildman–Crippen LogP) is 3.44. The third-order valence-corrected chi connectivity index (χ3v) is 4.99. The smallest absolute Gasteiger partial charge is 0.263 e. The molecule has 106 valence electrons. The van der Waals surface area contributed by atoms with E-state index in [1.54, 1.807) is 11.8 Å². The summed E-state index contributed by atoms with van der Waals surface area (Å²) >= 11 is 3.20. The highest BCUT2D eigenvalue weighted by Gasteiger charge is 2.15. The zero-order chi connectivity index (χ0) is 14.5. The van der Waals surface area contributed by atoms with Crippen molar-refractivity contribution in [2.75, 3.05) is 23.8 Å². The highest BCUT2D eigenvalue weighted by Crippen LogP contribution is 2.34. The summed E-state index contributed by atoms with van der Waals surface area (Å²) in [7, 11) is 0. The number of fused-ring (bicyclic) bond motifs is 1. The van der Waals surface area contributed by atoms with E-state index in [1.807, 2.05) is 25.1 Å². The Hall–Kier alpha value is -1.46. The van der Waals surface area contributed by atoms with E-state index >= 15 is 0 Å². The molecule has 1 aromatic heterocycles. The number of anilines is 1. The van der Waals surface area contributed by atoms with Gasteiger partial charge in [-0.1, -0.05) is 18.2 Å². The first kappa shape index (κ1) is 14.9. The van der Waals surface area contributed by atoms with Gasteiger partial charge in [0, 0.05) is 28.1 Å². The van der Waals surface area contributed by atoms with Gasteiger partial charge in [0.2, 0.25) is 0 Å². The maximum atomic E-state index is 12.1. The second kappa shape index (κ2) is 6.81. The summed E-state index contributed by atoms with van der Waals surface area (Å²) in [6, 6.07) is 6.05. The van der Waals surface area contributed by atoms with Crippen LogP contribution in [0.5, 0.6) is 0 Å². The van der Waals surface area contributed by atoms with Crippen LogP contribution in [0.4, 0.5) is 5.69 Å². The van der Waals surface area contributed by atoms with Crippen molar-refractivity contribution in [1.82, 2.24) is 5.32 Å². The molecule has 0 saturated heterocycles. The van der Waals surface area contributed by atoms with Gasteiger partial charge in [-0.3, -0.25) is 4.79 Å². The molecule has 0 aliphatic carbocycles. The van der Waals surface area contributed by atoms with Crippen molar-refractivity contribution >= 4 is 44.8 Å². The number of hydrogen-bond donors (Lipinski definition) is 2. The molecule has 0 fully saturated rings. The highest BCUT2D eigenvalue weighted by atomic mass is 32.2. The van der Waals surface area contributed by atoms with Gasteiger partial charge in [-0.15, -0.1) is 17.9 Å². The number of carbonyl (C=O) groups is 1. The molecule has 5 heteroatoms. The molecule has 0 unspecified atom stereocenters. The van der Waals surface area contributed by atoms with Gasteiger partial charge in [0.1, 0.15) is 4.88 Å². The van der Waals surface area contributed by atoms with E-state index in [4.69, 9.17) is 5.73 Å². The first-order chi connectivity index (χ1) is 9.63. The van der Waals surface area contributed by atoms with Crippen LogP contribution in [0.25, 0.3) is 10.1 Å². The minimum atomic E-state index is -0.0828. The van der Waals surface area contributed by atoms with Crippen LogP contribution in [0, 0.1) is 6.92 Å². The summed E-state index contributed by atoms with van der Waals surface area (Å²) in [5.74, 6) is 1.70. The molecule has 0 atom stereocenters. The molecule has 0 bridgehead atoms. The third-order valence-electron chi connectivity index (χ3n) is 2.86. The molecule has 1 aromatic carbocycles. The second-order valence-corrected chi connectivity index (χ2v) is 6.67. The molecule has 0 saturated carbocycles. The summed E-state index contributed by atoms with van der Waals surface area (Å²) in [5, 5.41) is 3.88. The lowest BCUT2D eigenvalue weighted by molar-refractivity contribution is 0.0961. The van der Waals surface area contributed by atoms with E-state index in [2.05, 4.69) is 18.0 Å². The van der Waals surface area contributed by atoms with Gasteiger partial charge in [0.05, 0.1) is 5.69 Å². The van der Waals surface area contributed by atoms with Crippen LogP contribution in [0.2, 0.25) is 0 Å². The molecule has 0 aliphatic heterocycles. The summed E-state index contributed by atoms with van der Waals surface area (Å²) in [6.45, 7) is 6.34. The maximum Gasteiger partial charge on any atom is 0.263 e. The molecule has 1 amide bonds. The SMILES string of the molecule is C=CCSCCNC(=O)c1sc2cc(C)ccc2c1N. The van der Waals surface area contributed by atoms with Crippen molar-refractivity contribution in [3.63, 3.8) is 0 Å². The number of nitrogens with two attached hydrogens (primary N) is 1. The number of hydrogen-bond acceptors (Lipinski definition) is 4. The lowest BCUT2D eigenvalue weighted by atomic mass is 10.1. The number of aryl methyl sites for hydroxylation is 1. The normalized spacial score (nSPS) is 10.7. The monoisotopic (exact) mass is 306 g/mol. The summed E-state index contributed by atoms with van der Waals surface area (Å²) in [6.07, 6.45) is 1.86. The zero-order valence-corrected chi connectivity index (χ0v) is 13.1. The van der Waals surface area contributed by atoms with E-state index in [9.17, 15) is 4.79 Å². The predicted molar refractivity (Wildman–Crippen MR) is 90.8 cm³/mol. The number of nitrogen functional groups attached to an aromatic ring is 1. The van der Waals surface area contributed by atoms with Gasteiger partial charge in [-0.25, -0.2) is 0 Å². The molecule has 3 N–H and O–H groups in total. The second-order valence-electron chi connectivity index (χ2n) is 4.46.